The number of hydrogen-bond donors (Lipinski definition) is 0. The number of benzene rings is 6. The van der Waals surface area contributed by atoms with E-state index in [2.05, 4.69) is 132 Å². The van der Waals surface area contributed by atoms with E-state index in [1.54, 1.807) is 0 Å². The van der Waals surface area contributed by atoms with Crippen LogP contribution in [0.4, 0.5) is 0 Å². The largest absolute Gasteiger partial charge is 0.308 e. The van der Waals surface area contributed by atoms with Gasteiger partial charge in [-0.15, -0.1) is 11.3 Å². The molecule has 6 aromatic carbocycles. The fourth-order valence-corrected chi connectivity index (χ4v) is 7.77. The van der Waals surface area contributed by atoms with E-state index in [1.165, 1.54) is 81.0 Å². The van der Waals surface area contributed by atoms with E-state index in [1.807, 2.05) is 11.3 Å². The molecule has 0 N–H and O–H groups in total. The molecule has 0 fully saturated rings. The van der Waals surface area contributed by atoms with Gasteiger partial charge in [0.25, 0.3) is 0 Å². The average Bonchev–Trinajstić information content (AvgIpc) is 3.49. The van der Waals surface area contributed by atoms with E-state index in [-0.39, 0.29) is 0 Å². The summed E-state index contributed by atoms with van der Waals surface area (Å²) in [4.78, 5) is 0. The molecule has 0 saturated carbocycles. The third-order valence-electron chi connectivity index (χ3n) is 8.15. The van der Waals surface area contributed by atoms with Crippen LogP contribution in [-0.2, 0) is 0 Å². The van der Waals surface area contributed by atoms with Crippen LogP contribution in [0.15, 0.2) is 127 Å². The van der Waals surface area contributed by atoms with Gasteiger partial charge in [-0.2, -0.15) is 0 Å². The van der Waals surface area contributed by atoms with Crippen molar-refractivity contribution in [1.82, 2.24) is 4.57 Å². The Kier molecular flexibility index (Phi) is 3.99. The molecule has 2 heteroatoms. The zero-order chi connectivity index (χ0) is 24.8. The third kappa shape index (κ3) is 2.60. The second-order valence-corrected chi connectivity index (χ2v) is 11.2. The van der Waals surface area contributed by atoms with Gasteiger partial charge in [0.15, 0.2) is 0 Å². The number of hydrogen-bond acceptors (Lipinski definition) is 1. The Morgan fingerprint density at radius 2 is 1.11 bits per heavy atom. The summed E-state index contributed by atoms with van der Waals surface area (Å²) in [5.74, 6) is 0. The Balaban J connectivity index is 1.41. The highest BCUT2D eigenvalue weighted by atomic mass is 32.1. The molecule has 2 aromatic heterocycles. The summed E-state index contributed by atoms with van der Waals surface area (Å²) < 4.78 is 5.18. The van der Waals surface area contributed by atoms with E-state index in [0.29, 0.717) is 0 Å². The van der Waals surface area contributed by atoms with Crippen molar-refractivity contribution < 1.29 is 0 Å². The molecule has 1 aliphatic rings. The predicted octanol–water partition coefficient (Wildman–Crippen LogP) is 10.5. The lowest BCUT2D eigenvalue weighted by molar-refractivity contribution is 1.19. The summed E-state index contributed by atoms with van der Waals surface area (Å²) in [7, 11) is 0. The molecular formula is C36H21NS. The number of nitrogens with zero attached hydrogens (tertiary/aromatic N) is 1. The van der Waals surface area contributed by atoms with E-state index >= 15 is 0 Å². The van der Waals surface area contributed by atoms with E-state index in [9.17, 15) is 0 Å². The minimum absolute atomic E-state index is 1.24. The molecule has 0 aliphatic carbocycles. The highest BCUT2D eigenvalue weighted by molar-refractivity contribution is 7.26. The molecular weight excluding hydrogens is 478 g/mol. The second-order valence-electron chi connectivity index (χ2n) is 10.1. The van der Waals surface area contributed by atoms with Crippen molar-refractivity contribution in [2.24, 2.45) is 0 Å². The van der Waals surface area contributed by atoms with E-state index in [4.69, 9.17) is 0 Å². The molecule has 3 heterocycles. The van der Waals surface area contributed by atoms with Gasteiger partial charge in [0.2, 0.25) is 0 Å². The predicted molar refractivity (Wildman–Crippen MR) is 164 cm³/mol. The first-order valence-corrected chi connectivity index (χ1v) is 13.9. The second kappa shape index (κ2) is 7.44. The van der Waals surface area contributed by atoms with Gasteiger partial charge in [-0.05, 0) is 46.5 Å². The smallest absolute Gasteiger partial charge is 0.0619 e. The van der Waals surface area contributed by atoms with Crippen LogP contribution < -0.4 is 0 Å². The van der Waals surface area contributed by atoms with Crippen LogP contribution >= 0.6 is 11.3 Å². The monoisotopic (exact) mass is 499 g/mol. The van der Waals surface area contributed by atoms with Gasteiger partial charge in [-0.3, -0.25) is 0 Å². The normalized spacial score (nSPS) is 12.2. The van der Waals surface area contributed by atoms with Gasteiger partial charge < -0.3 is 4.57 Å². The minimum atomic E-state index is 1.24. The molecule has 0 amide bonds. The van der Waals surface area contributed by atoms with E-state index in [0.717, 1.165) is 0 Å². The quantitative estimate of drug-likeness (QED) is 0.212. The van der Waals surface area contributed by atoms with Crippen molar-refractivity contribution in [3.63, 3.8) is 0 Å². The molecule has 0 unspecified atom stereocenters. The Bertz CT molecular complexity index is 2240. The molecule has 0 atom stereocenters. The molecule has 8 aromatic rings. The zero-order valence-electron chi connectivity index (χ0n) is 20.5. The summed E-state index contributed by atoms with van der Waals surface area (Å²) in [6.45, 7) is 0. The summed E-state index contributed by atoms with van der Waals surface area (Å²) in [6.07, 6.45) is 0. The maximum Gasteiger partial charge on any atom is 0.0619 e. The number of aromatic nitrogens is 1. The molecule has 1 nitrogen and oxygen atoms in total. The molecule has 38 heavy (non-hydrogen) atoms. The molecule has 0 radical (unpaired) electrons. The number of thiophene rings is 1. The topological polar surface area (TPSA) is 4.93 Å². The van der Waals surface area contributed by atoms with Crippen molar-refractivity contribution in [2.75, 3.05) is 0 Å². The van der Waals surface area contributed by atoms with Gasteiger partial charge in [-0.25, -0.2) is 0 Å². The van der Waals surface area contributed by atoms with Crippen LogP contribution in [0.5, 0.6) is 0 Å². The lowest BCUT2D eigenvalue weighted by Crippen LogP contribution is -1.96. The van der Waals surface area contributed by atoms with Gasteiger partial charge in [-0.1, -0.05) is 103 Å². The number of fused-ring (bicyclic) bond motifs is 11. The third-order valence-corrected chi connectivity index (χ3v) is 9.37. The van der Waals surface area contributed by atoms with Gasteiger partial charge in [0, 0.05) is 42.1 Å². The fraction of sp³-hybridized carbons (Fsp3) is 0. The van der Waals surface area contributed by atoms with Crippen molar-refractivity contribution >= 4 is 53.3 Å². The van der Waals surface area contributed by atoms with Crippen LogP contribution in [0.3, 0.4) is 0 Å². The van der Waals surface area contributed by atoms with Crippen LogP contribution in [0.25, 0.3) is 81.0 Å². The Morgan fingerprint density at radius 1 is 0.447 bits per heavy atom. The highest BCUT2D eigenvalue weighted by Crippen LogP contribution is 2.48. The van der Waals surface area contributed by atoms with Gasteiger partial charge in [0.05, 0.1) is 16.7 Å². The average molecular weight is 500 g/mol. The van der Waals surface area contributed by atoms with Gasteiger partial charge in [0.1, 0.15) is 0 Å². The van der Waals surface area contributed by atoms with Crippen molar-refractivity contribution in [3.05, 3.63) is 127 Å². The molecule has 1 aliphatic heterocycles. The van der Waals surface area contributed by atoms with Crippen LogP contribution in [0, 0.1) is 0 Å². The lowest BCUT2D eigenvalue weighted by atomic mass is 9.91. The molecule has 0 saturated heterocycles. The number of rotatable bonds is 1. The maximum absolute atomic E-state index is 2.49. The summed E-state index contributed by atoms with van der Waals surface area (Å²) >= 11 is 1.89. The van der Waals surface area contributed by atoms with Crippen molar-refractivity contribution in [1.29, 1.82) is 0 Å². The first-order valence-electron chi connectivity index (χ1n) is 13.0. The molecule has 0 spiro atoms. The Labute approximate surface area is 223 Å². The Hall–Kier alpha value is -4.66. The number of para-hydroxylation sites is 2. The fourth-order valence-electron chi connectivity index (χ4n) is 6.53. The maximum atomic E-state index is 2.49. The Morgan fingerprint density at radius 3 is 2.00 bits per heavy atom. The summed E-state index contributed by atoms with van der Waals surface area (Å²) in [5.41, 5.74) is 11.5. The van der Waals surface area contributed by atoms with Gasteiger partial charge >= 0.3 is 0 Å². The highest BCUT2D eigenvalue weighted by Gasteiger charge is 2.24. The van der Waals surface area contributed by atoms with Crippen LogP contribution in [0.1, 0.15) is 0 Å². The summed E-state index contributed by atoms with van der Waals surface area (Å²) in [6, 6.07) is 47.0. The molecule has 9 rings (SSSR count). The van der Waals surface area contributed by atoms with Crippen LogP contribution in [-0.4, -0.2) is 4.57 Å². The van der Waals surface area contributed by atoms with Crippen LogP contribution in [0.2, 0.25) is 0 Å². The standard InChI is InChI=1S/C36H21NS/c1-2-10-25-24(9-1)28-14-8-15-29-26-11-3-5-17-32(26)37(35(28)29)33-20-19-22(21-31(25)33)23-13-7-16-30-27-12-4-6-18-34(27)38-36(23)30/h1-21H. The SMILES string of the molecule is c1ccc2c(c1)-c1cc(-c3cccc4c3sc3ccccc34)ccc1-n1c3ccccc3c3cccc-2c31. The van der Waals surface area contributed by atoms with E-state index < -0.39 is 0 Å². The first-order chi connectivity index (χ1) is 18.9. The molecule has 0 bridgehead atoms. The van der Waals surface area contributed by atoms with Crippen molar-refractivity contribution in [3.8, 4) is 39.1 Å². The molecule has 176 valence electrons. The minimum Gasteiger partial charge on any atom is -0.308 e. The lowest BCUT2D eigenvalue weighted by Gasteiger charge is -2.15. The van der Waals surface area contributed by atoms with Crippen molar-refractivity contribution in [2.45, 2.75) is 0 Å². The summed E-state index contributed by atoms with van der Waals surface area (Å²) in [5, 5.41) is 5.28. The zero-order valence-corrected chi connectivity index (χ0v) is 21.3. The first kappa shape index (κ1) is 20.4.